The summed E-state index contributed by atoms with van der Waals surface area (Å²) in [5, 5.41) is 32.0. The maximum Gasteiger partial charge on any atom is 0.328 e. The summed E-state index contributed by atoms with van der Waals surface area (Å²) < 4.78 is 0. The molecule has 0 saturated carbocycles. The number of nitrogens with zero attached hydrogens (tertiary/aromatic N) is 1. The van der Waals surface area contributed by atoms with E-state index in [0.717, 1.165) is 5.56 Å². The fraction of sp³-hybridized carbons (Fsp3) is 0.513. The van der Waals surface area contributed by atoms with Gasteiger partial charge < -0.3 is 41.7 Å². The Bertz CT molecular complexity index is 1600. The Morgan fingerprint density at radius 3 is 1.65 bits per heavy atom. The van der Waals surface area contributed by atoms with Crippen molar-refractivity contribution in [1.29, 1.82) is 0 Å². The fourth-order valence-electron chi connectivity index (χ4n) is 6.29. The average molecular weight is 751 g/mol. The summed E-state index contributed by atoms with van der Waals surface area (Å²) >= 11 is 0. The van der Waals surface area contributed by atoms with E-state index >= 15 is 0 Å². The Morgan fingerprint density at radius 2 is 1.17 bits per heavy atom. The highest BCUT2D eigenvalue weighted by atomic mass is 16.4. The summed E-state index contributed by atoms with van der Waals surface area (Å²) in [5.41, 5.74) is 1.45. The monoisotopic (exact) mass is 750 g/mol. The number of benzene rings is 2. The number of rotatable bonds is 19. The van der Waals surface area contributed by atoms with E-state index in [9.17, 15) is 43.8 Å². The summed E-state index contributed by atoms with van der Waals surface area (Å²) in [6.45, 7) is 8.03. The van der Waals surface area contributed by atoms with Gasteiger partial charge in [-0.15, -0.1) is 0 Å². The lowest BCUT2D eigenvalue weighted by Crippen LogP contribution is -2.61. The van der Waals surface area contributed by atoms with Gasteiger partial charge in [-0.25, -0.2) is 4.79 Å². The molecule has 7 N–H and O–H groups in total. The van der Waals surface area contributed by atoms with Gasteiger partial charge in [-0.2, -0.15) is 0 Å². The maximum atomic E-state index is 14.0. The van der Waals surface area contributed by atoms with Gasteiger partial charge in [-0.3, -0.25) is 28.8 Å². The van der Waals surface area contributed by atoms with E-state index in [0.29, 0.717) is 24.9 Å². The number of carboxylic acids is 1. The van der Waals surface area contributed by atoms with Crippen LogP contribution in [0.15, 0.2) is 60.7 Å². The topological polar surface area (TPSA) is 223 Å². The number of aliphatic carboxylic acids is 1. The van der Waals surface area contributed by atoms with Crippen LogP contribution in [0.1, 0.15) is 65.0 Å². The lowest BCUT2D eigenvalue weighted by Gasteiger charge is -2.29. The molecular weight excluding hydrogens is 696 g/mol. The molecule has 2 aromatic rings. The molecule has 0 aliphatic carbocycles. The number of amides is 6. The number of aliphatic hydroxyl groups is 1. The van der Waals surface area contributed by atoms with Crippen LogP contribution in [0.5, 0.6) is 0 Å². The van der Waals surface area contributed by atoms with E-state index in [-0.39, 0.29) is 31.1 Å². The molecule has 6 atom stereocenters. The summed E-state index contributed by atoms with van der Waals surface area (Å²) in [4.78, 5) is 93.5. The molecule has 0 aromatic heterocycles. The van der Waals surface area contributed by atoms with Gasteiger partial charge in [0.1, 0.15) is 36.3 Å². The van der Waals surface area contributed by atoms with E-state index in [1.807, 2.05) is 32.0 Å². The minimum Gasteiger partial charge on any atom is -0.480 e. The highest BCUT2D eigenvalue weighted by Crippen LogP contribution is 2.18. The second-order valence-corrected chi connectivity index (χ2v) is 14.4. The van der Waals surface area contributed by atoms with Crippen molar-refractivity contribution in [3.05, 3.63) is 71.8 Å². The van der Waals surface area contributed by atoms with Crippen LogP contribution in [0.25, 0.3) is 0 Å². The number of hydrogen-bond acceptors (Lipinski definition) is 8. The molecule has 3 rings (SSSR count). The molecule has 1 saturated heterocycles. The summed E-state index contributed by atoms with van der Waals surface area (Å²) in [6, 6.07) is 10.9. The average Bonchev–Trinajstić information content (AvgIpc) is 3.63. The van der Waals surface area contributed by atoms with Crippen molar-refractivity contribution in [2.45, 2.75) is 103 Å². The number of hydrogen-bond donors (Lipinski definition) is 7. The minimum atomic E-state index is -1.58. The van der Waals surface area contributed by atoms with Gasteiger partial charge in [0.15, 0.2) is 0 Å². The van der Waals surface area contributed by atoms with Crippen LogP contribution in [0, 0.1) is 11.8 Å². The number of carbonyl (C=O) groups is 7. The van der Waals surface area contributed by atoms with Gasteiger partial charge in [-0.1, -0.05) is 88.4 Å². The molecule has 1 aliphatic rings. The molecule has 0 spiro atoms. The highest BCUT2D eigenvalue weighted by molar-refractivity contribution is 5.97. The maximum absolute atomic E-state index is 14.0. The first-order valence-electron chi connectivity index (χ1n) is 18.3. The first-order chi connectivity index (χ1) is 25.6. The Kier molecular flexibility index (Phi) is 16.6. The molecule has 294 valence electrons. The number of nitrogens with one attached hydrogen (secondary N) is 5. The molecule has 1 heterocycles. The van der Waals surface area contributed by atoms with Crippen molar-refractivity contribution in [3.63, 3.8) is 0 Å². The van der Waals surface area contributed by atoms with Crippen LogP contribution in [0.2, 0.25) is 0 Å². The minimum absolute atomic E-state index is 0.0162. The van der Waals surface area contributed by atoms with E-state index in [1.165, 1.54) is 11.8 Å². The van der Waals surface area contributed by atoms with Gasteiger partial charge >= 0.3 is 5.97 Å². The molecule has 15 heteroatoms. The van der Waals surface area contributed by atoms with Crippen LogP contribution in [0.3, 0.4) is 0 Å². The quantitative estimate of drug-likeness (QED) is 0.107. The van der Waals surface area contributed by atoms with Crippen LogP contribution in [-0.2, 0) is 46.4 Å². The third-order valence-electron chi connectivity index (χ3n) is 9.18. The zero-order chi connectivity index (χ0) is 39.9. The zero-order valence-corrected chi connectivity index (χ0v) is 31.5. The van der Waals surface area contributed by atoms with Gasteiger partial charge in [0, 0.05) is 26.3 Å². The van der Waals surface area contributed by atoms with Crippen LogP contribution >= 0.6 is 0 Å². The predicted molar refractivity (Wildman–Crippen MR) is 199 cm³/mol. The zero-order valence-electron chi connectivity index (χ0n) is 31.5. The van der Waals surface area contributed by atoms with E-state index in [1.54, 1.807) is 56.3 Å². The molecule has 54 heavy (non-hydrogen) atoms. The molecule has 1 aliphatic heterocycles. The second-order valence-electron chi connectivity index (χ2n) is 14.4. The van der Waals surface area contributed by atoms with Gasteiger partial charge in [0.25, 0.3) is 0 Å². The summed E-state index contributed by atoms with van der Waals surface area (Å²) in [7, 11) is 0. The molecule has 0 radical (unpaired) electrons. The molecule has 2 aromatic carbocycles. The van der Waals surface area contributed by atoms with Crippen LogP contribution in [-0.4, -0.2) is 106 Å². The highest BCUT2D eigenvalue weighted by Gasteiger charge is 2.37. The van der Waals surface area contributed by atoms with Crippen molar-refractivity contribution < 1.29 is 43.8 Å². The number of carboxylic acid groups (broad SMARTS) is 1. The molecule has 1 fully saturated rings. The third-order valence-corrected chi connectivity index (χ3v) is 9.18. The molecule has 15 nitrogen and oxygen atoms in total. The third kappa shape index (κ3) is 13.0. The van der Waals surface area contributed by atoms with Gasteiger partial charge in [-0.05, 0) is 42.2 Å². The molecule has 0 bridgehead atoms. The van der Waals surface area contributed by atoms with E-state index < -0.39 is 84.3 Å². The van der Waals surface area contributed by atoms with Crippen molar-refractivity contribution >= 4 is 41.4 Å². The molecule has 0 unspecified atom stereocenters. The lowest BCUT2D eigenvalue weighted by molar-refractivity contribution is -0.143. The predicted octanol–water partition coefficient (Wildman–Crippen LogP) is 0.686. The van der Waals surface area contributed by atoms with Crippen LogP contribution in [0.4, 0.5) is 0 Å². The normalized spacial score (nSPS) is 16.7. The van der Waals surface area contributed by atoms with Gasteiger partial charge in [0.2, 0.25) is 35.4 Å². The Morgan fingerprint density at radius 1 is 0.685 bits per heavy atom. The smallest absolute Gasteiger partial charge is 0.328 e. The SMILES string of the molecule is CC(=O)N1CCC[C@H]1C(=O)N[C@@H](Cc1ccccc1)C(=O)N[C@H](C(=O)N[C@@H](Cc1ccccc1)C(=O)N[C@@H](CC(C)C)C(=O)N[C@@H](CO)C(=O)O)C(C)C. The number of likely N-dealkylation sites (tertiary alicyclic amines) is 1. The van der Waals surface area contributed by atoms with Gasteiger partial charge in [0.05, 0.1) is 6.61 Å². The fourth-order valence-corrected chi connectivity index (χ4v) is 6.29. The Hall–Kier alpha value is -5.31. The first-order valence-corrected chi connectivity index (χ1v) is 18.3. The Balaban J connectivity index is 1.86. The van der Waals surface area contributed by atoms with Crippen molar-refractivity contribution in [1.82, 2.24) is 31.5 Å². The number of aliphatic hydroxyl groups excluding tert-OH is 1. The standard InChI is InChI=1S/C39H54N6O9/c1-23(2)19-28(34(48)43-31(22-46)39(53)54)40-35(49)29(20-26-13-8-6-9-14-26)42-38(52)33(24(3)4)44-36(50)30(21-27-15-10-7-11-16-27)41-37(51)32-17-12-18-45(32)25(5)47/h6-11,13-16,23-24,28-33,46H,12,17-22H2,1-5H3,(H,40,49)(H,41,51)(H,42,52)(H,43,48)(H,44,50)(H,53,54)/t28-,29-,30-,31-,32-,33-/m0/s1. The van der Waals surface area contributed by atoms with Crippen LogP contribution < -0.4 is 26.6 Å². The van der Waals surface area contributed by atoms with Crippen molar-refractivity contribution in [3.8, 4) is 0 Å². The number of carbonyl (C=O) groups excluding carboxylic acids is 6. The lowest BCUT2D eigenvalue weighted by atomic mass is 9.98. The molecule has 6 amide bonds. The Labute approximate surface area is 316 Å². The second kappa shape index (κ2) is 20.8. The first kappa shape index (κ1) is 43.1. The largest absolute Gasteiger partial charge is 0.480 e. The summed E-state index contributed by atoms with van der Waals surface area (Å²) in [6.07, 6.45) is 1.35. The van der Waals surface area contributed by atoms with E-state index in [2.05, 4.69) is 26.6 Å². The molecular formula is C39H54N6O9. The van der Waals surface area contributed by atoms with E-state index in [4.69, 9.17) is 0 Å². The van der Waals surface area contributed by atoms with Crippen molar-refractivity contribution in [2.75, 3.05) is 13.2 Å². The van der Waals surface area contributed by atoms with Crippen molar-refractivity contribution in [2.24, 2.45) is 11.8 Å². The summed E-state index contributed by atoms with van der Waals surface area (Å²) in [5.74, 6) is -5.60.